The Morgan fingerprint density at radius 1 is 1.09 bits per heavy atom. The maximum Gasteiger partial charge on any atom is 0.305 e. The van der Waals surface area contributed by atoms with E-state index in [1.807, 2.05) is 0 Å². The van der Waals surface area contributed by atoms with E-state index in [0.717, 1.165) is 16.3 Å². The quantitative estimate of drug-likeness (QED) is 0.282. The van der Waals surface area contributed by atoms with Gasteiger partial charge in [0.15, 0.2) is 5.75 Å². The summed E-state index contributed by atoms with van der Waals surface area (Å²) >= 11 is 14.2. The van der Waals surface area contributed by atoms with Crippen molar-refractivity contribution in [3.05, 3.63) is 55.5 Å². The first-order chi connectivity index (χ1) is 16.1. The van der Waals surface area contributed by atoms with Gasteiger partial charge in [-0.05, 0) is 36.8 Å². The van der Waals surface area contributed by atoms with E-state index in [-0.39, 0.29) is 34.2 Å². The van der Waals surface area contributed by atoms with Crippen LogP contribution in [0.1, 0.15) is 32.7 Å². The summed E-state index contributed by atoms with van der Waals surface area (Å²) in [6.45, 7) is 1.67. The summed E-state index contributed by atoms with van der Waals surface area (Å²) in [6, 6.07) is 7.93. The van der Waals surface area contributed by atoms with Gasteiger partial charge in [0.05, 0.1) is 31.1 Å². The molecule has 0 saturated carbocycles. The third-order valence-corrected chi connectivity index (χ3v) is 7.42. The molecule has 2 aromatic heterocycles. The van der Waals surface area contributed by atoms with Crippen molar-refractivity contribution < 1.29 is 24.6 Å². The number of hydrogen-bond donors (Lipinski definition) is 2. The van der Waals surface area contributed by atoms with Gasteiger partial charge in [-0.3, -0.25) is 14.4 Å². The number of carbonyl (C=O) groups excluding carboxylic acids is 2. The molecule has 0 aliphatic heterocycles. The molecule has 178 valence electrons. The number of anilines is 1. The van der Waals surface area contributed by atoms with Crippen LogP contribution in [0.15, 0.2) is 40.8 Å². The third-order valence-electron chi connectivity index (χ3n) is 4.61. The fourth-order valence-electron chi connectivity index (χ4n) is 2.90. The maximum atomic E-state index is 13.2. The Morgan fingerprint density at radius 3 is 2.38 bits per heavy atom. The topological polar surface area (TPSA) is 111 Å². The number of benzene rings is 1. The lowest BCUT2D eigenvalue weighted by Gasteiger charge is -2.16. The zero-order chi connectivity index (χ0) is 25.0. The van der Waals surface area contributed by atoms with Crippen molar-refractivity contribution >= 4 is 75.6 Å². The van der Waals surface area contributed by atoms with E-state index in [9.17, 15) is 19.5 Å². The SMILES string of the molecule is CC=NN(C(=O)c1ccc(C(=O)N(C)CCC(=O)O)s1)c1csc(-c2ccc(Cl)c(Cl)c2)c1O. The van der Waals surface area contributed by atoms with E-state index in [1.165, 1.54) is 41.6 Å². The molecule has 0 aliphatic rings. The van der Waals surface area contributed by atoms with Crippen LogP contribution in [0.3, 0.4) is 0 Å². The van der Waals surface area contributed by atoms with E-state index >= 15 is 0 Å². The minimum Gasteiger partial charge on any atom is -0.504 e. The molecule has 3 aromatic rings. The average Bonchev–Trinajstić information content (AvgIpc) is 3.44. The molecule has 34 heavy (non-hydrogen) atoms. The highest BCUT2D eigenvalue weighted by Gasteiger charge is 2.26. The first-order valence-corrected chi connectivity index (χ1v) is 12.2. The predicted octanol–water partition coefficient (Wildman–Crippen LogP) is 5.69. The summed E-state index contributed by atoms with van der Waals surface area (Å²) in [5.74, 6) is -2.09. The van der Waals surface area contributed by atoms with Crippen LogP contribution >= 0.6 is 45.9 Å². The molecule has 0 unspecified atom stereocenters. The Morgan fingerprint density at radius 2 is 1.76 bits per heavy atom. The van der Waals surface area contributed by atoms with Gasteiger partial charge >= 0.3 is 5.97 Å². The second-order valence-corrected chi connectivity index (χ2v) is 9.73. The molecule has 0 aliphatic carbocycles. The zero-order valence-electron chi connectivity index (χ0n) is 18.0. The van der Waals surface area contributed by atoms with Crippen LogP contribution in [-0.2, 0) is 4.79 Å². The Balaban J connectivity index is 1.87. The van der Waals surface area contributed by atoms with Gasteiger partial charge in [-0.1, -0.05) is 29.3 Å². The van der Waals surface area contributed by atoms with Crippen LogP contribution in [0.5, 0.6) is 5.75 Å². The second kappa shape index (κ2) is 11.0. The summed E-state index contributed by atoms with van der Waals surface area (Å²) in [5.41, 5.74) is 0.804. The Kier molecular flexibility index (Phi) is 8.32. The normalized spacial score (nSPS) is 11.1. The van der Waals surface area contributed by atoms with Crippen molar-refractivity contribution in [1.82, 2.24) is 4.90 Å². The number of carbonyl (C=O) groups is 3. The highest BCUT2D eigenvalue weighted by Crippen LogP contribution is 2.45. The molecule has 0 saturated heterocycles. The predicted molar refractivity (Wildman–Crippen MR) is 136 cm³/mol. The first kappa shape index (κ1) is 25.7. The Hall–Kier alpha value is -2.92. The lowest BCUT2D eigenvalue weighted by Crippen LogP contribution is -2.28. The minimum absolute atomic E-state index is 0.0435. The number of halogens is 2. The smallest absolute Gasteiger partial charge is 0.305 e. The summed E-state index contributed by atoms with van der Waals surface area (Å²) in [6.07, 6.45) is 1.23. The first-order valence-electron chi connectivity index (χ1n) is 9.80. The average molecular weight is 540 g/mol. The zero-order valence-corrected chi connectivity index (χ0v) is 21.1. The largest absolute Gasteiger partial charge is 0.504 e. The molecule has 0 bridgehead atoms. The number of rotatable bonds is 8. The summed E-state index contributed by atoms with van der Waals surface area (Å²) in [5, 5.41) is 27.1. The summed E-state index contributed by atoms with van der Waals surface area (Å²) in [4.78, 5) is 38.8. The molecule has 2 amide bonds. The number of thiophene rings is 2. The summed E-state index contributed by atoms with van der Waals surface area (Å²) in [7, 11) is 1.49. The lowest BCUT2D eigenvalue weighted by atomic mass is 10.1. The van der Waals surface area contributed by atoms with Crippen molar-refractivity contribution in [3.63, 3.8) is 0 Å². The highest BCUT2D eigenvalue weighted by atomic mass is 35.5. The molecule has 2 heterocycles. The van der Waals surface area contributed by atoms with Crippen LogP contribution in [0.2, 0.25) is 10.0 Å². The molecule has 0 radical (unpaired) electrons. The fourth-order valence-corrected chi connectivity index (χ4v) is 5.04. The van der Waals surface area contributed by atoms with E-state index in [2.05, 4.69) is 5.10 Å². The number of hydrazone groups is 1. The van der Waals surface area contributed by atoms with Gasteiger partial charge in [-0.2, -0.15) is 10.1 Å². The molecule has 8 nitrogen and oxygen atoms in total. The molecule has 2 N–H and O–H groups in total. The molecular weight excluding hydrogens is 521 g/mol. The number of nitrogens with zero attached hydrogens (tertiary/aromatic N) is 3. The van der Waals surface area contributed by atoms with Crippen molar-refractivity contribution in [3.8, 4) is 16.2 Å². The number of hydrogen-bond acceptors (Lipinski definition) is 7. The van der Waals surface area contributed by atoms with Gasteiger partial charge in [-0.15, -0.1) is 22.7 Å². The van der Waals surface area contributed by atoms with Crippen LogP contribution < -0.4 is 5.01 Å². The van der Waals surface area contributed by atoms with E-state index in [4.69, 9.17) is 28.3 Å². The second-order valence-electron chi connectivity index (χ2n) is 6.95. The van der Waals surface area contributed by atoms with Gasteiger partial charge in [0.25, 0.3) is 11.8 Å². The number of aliphatic carboxylic acids is 1. The standard InChI is InChI=1S/C22H19Cl2N3O5S2/c1-3-25-27(15-11-33-20(19(15)30)12-4-5-13(23)14(24)10-12)22(32)17-7-6-16(34-17)21(31)26(2)9-8-18(28)29/h3-7,10-11,30H,8-9H2,1-2H3,(H,28,29). The van der Waals surface area contributed by atoms with Gasteiger partial charge in [0.2, 0.25) is 0 Å². The molecular formula is C22H19Cl2N3O5S2. The maximum absolute atomic E-state index is 13.2. The van der Waals surface area contributed by atoms with Gasteiger partial charge in [0, 0.05) is 25.2 Å². The number of aromatic hydroxyl groups is 1. The Bertz CT molecular complexity index is 1270. The fraction of sp³-hybridized carbons (Fsp3) is 0.182. The molecule has 0 atom stereocenters. The number of carboxylic acids is 1. The Labute approximate surface area is 213 Å². The van der Waals surface area contributed by atoms with Gasteiger partial charge in [0.1, 0.15) is 5.69 Å². The van der Waals surface area contributed by atoms with E-state index in [0.29, 0.717) is 20.5 Å². The van der Waals surface area contributed by atoms with Crippen LogP contribution in [0.25, 0.3) is 10.4 Å². The van der Waals surface area contributed by atoms with Crippen LogP contribution in [0.4, 0.5) is 5.69 Å². The molecule has 0 spiro atoms. The monoisotopic (exact) mass is 539 g/mol. The van der Waals surface area contributed by atoms with E-state index in [1.54, 1.807) is 30.5 Å². The summed E-state index contributed by atoms with van der Waals surface area (Å²) < 4.78 is 0. The highest BCUT2D eigenvalue weighted by molar-refractivity contribution is 7.16. The van der Waals surface area contributed by atoms with Crippen molar-refractivity contribution in [1.29, 1.82) is 0 Å². The van der Waals surface area contributed by atoms with Crippen molar-refractivity contribution in [2.24, 2.45) is 5.10 Å². The molecule has 1 aromatic carbocycles. The third kappa shape index (κ3) is 5.58. The van der Waals surface area contributed by atoms with E-state index < -0.39 is 17.8 Å². The minimum atomic E-state index is -1.01. The molecule has 3 rings (SSSR count). The molecule has 0 fully saturated rings. The van der Waals surface area contributed by atoms with Crippen molar-refractivity contribution in [2.45, 2.75) is 13.3 Å². The molecule has 12 heteroatoms. The lowest BCUT2D eigenvalue weighted by molar-refractivity contribution is -0.137. The van der Waals surface area contributed by atoms with Gasteiger partial charge < -0.3 is 15.1 Å². The van der Waals surface area contributed by atoms with Gasteiger partial charge in [-0.25, -0.2) is 0 Å². The van der Waals surface area contributed by atoms with Crippen molar-refractivity contribution in [2.75, 3.05) is 18.6 Å². The van der Waals surface area contributed by atoms with Crippen LogP contribution in [0, 0.1) is 0 Å². The number of amides is 2. The number of carboxylic acid groups (broad SMARTS) is 1. The van der Waals surface area contributed by atoms with Crippen LogP contribution in [-0.4, -0.2) is 52.7 Å².